The highest BCUT2D eigenvalue weighted by atomic mass is 32.1. The third-order valence-electron chi connectivity index (χ3n) is 3.75. The van der Waals surface area contributed by atoms with E-state index in [0.717, 1.165) is 28.1 Å². The SMILES string of the molecule is C(=N/Nc1ncnc2sc3c(c12)CCCC3)/c1ccc[nH]1. The molecule has 2 N–H and O–H groups in total. The predicted molar refractivity (Wildman–Crippen MR) is 86.1 cm³/mol. The minimum absolute atomic E-state index is 0.808. The predicted octanol–water partition coefficient (Wildman–Crippen LogP) is 3.34. The van der Waals surface area contributed by atoms with Crippen LogP contribution < -0.4 is 5.43 Å². The Kier molecular flexibility index (Phi) is 3.16. The third-order valence-corrected chi connectivity index (χ3v) is 4.95. The number of thiophene rings is 1. The van der Waals surface area contributed by atoms with Gasteiger partial charge < -0.3 is 4.98 Å². The fourth-order valence-corrected chi connectivity index (χ4v) is 3.99. The second kappa shape index (κ2) is 5.29. The van der Waals surface area contributed by atoms with E-state index in [1.807, 2.05) is 18.3 Å². The van der Waals surface area contributed by atoms with E-state index in [-0.39, 0.29) is 0 Å². The molecule has 1 aliphatic carbocycles. The Morgan fingerprint density at radius 3 is 3.14 bits per heavy atom. The molecule has 0 atom stereocenters. The van der Waals surface area contributed by atoms with Crippen LogP contribution in [0.3, 0.4) is 0 Å². The van der Waals surface area contributed by atoms with Crippen molar-refractivity contribution in [3.05, 3.63) is 40.8 Å². The van der Waals surface area contributed by atoms with Gasteiger partial charge in [0.15, 0.2) is 5.82 Å². The van der Waals surface area contributed by atoms with E-state index >= 15 is 0 Å². The molecule has 3 aromatic rings. The van der Waals surface area contributed by atoms with Crippen LogP contribution in [0.15, 0.2) is 29.8 Å². The van der Waals surface area contributed by atoms with Crippen LogP contribution >= 0.6 is 11.3 Å². The molecule has 0 bridgehead atoms. The van der Waals surface area contributed by atoms with Gasteiger partial charge in [0, 0.05) is 11.1 Å². The van der Waals surface area contributed by atoms with Crippen molar-refractivity contribution >= 4 is 33.6 Å². The van der Waals surface area contributed by atoms with Crippen molar-refractivity contribution in [2.45, 2.75) is 25.7 Å². The Hall–Kier alpha value is -2.21. The zero-order valence-electron chi connectivity index (χ0n) is 11.5. The molecule has 5 nitrogen and oxygen atoms in total. The van der Waals surface area contributed by atoms with E-state index in [0.29, 0.717) is 0 Å². The largest absolute Gasteiger partial charge is 0.360 e. The number of anilines is 1. The van der Waals surface area contributed by atoms with Crippen LogP contribution in [-0.2, 0) is 12.8 Å². The van der Waals surface area contributed by atoms with Gasteiger partial charge in [0.25, 0.3) is 0 Å². The van der Waals surface area contributed by atoms with E-state index in [9.17, 15) is 0 Å². The van der Waals surface area contributed by atoms with Gasteiger partial charge in [-0.2, -0.15) is 5.10 Å². The summed E-state index contributed by atoms with van der Waals surface area (Å²) in [7, 11) is 0. The summed E-state index contributed by atoms with van der Waals surface area (Å²) in [6.07, 6.45) is 10.1. The van der Waals surface area contributed by atoms with Crippen LogP contribution in [0.2, 0.25) is 0 Å². The zero-order chi connectivity index (χ0) is 14.1. The van der Waals surface area contributed by atoms with E-state index in [2.05, 4.69) is 25.5 Å². The number of H-pyrrole nitrogens is 1. The second-order valence-corrected chi connectivity index (χ2v) is 6.19. The first-order valence-electron chi connectivity index (χ1n) is 7.09. The maximum atomic E-state index is 4.41. The van der Waals surface area contributed by atoms with Crippen molar-refractivity contribution in [2.24, 2.45) is 5.10 Å². The highest BCUT2D eigenvalue weighted by Crippen LogP contribution is 2.37. The number of hydrazone groups is 1. The van der Waals surface area contributed by atoms with Crippen LogP contribution in [-0.4, -0.2) is 21.2 Å². The summed E-state index contributed by atoms with van der Waals surface area (Å²) in [5, 5.41) is 5.42. The Bertz CT molecular complexity index is 788. The van der Waals surface area contributed by atoms with Crippen LogP contribution in [0.1, 0.15) is 29.0 Å². The molecule has 106 valence electrons. The summed E-state index contributed by atoms with van der Waals surface area (Å²) >= 11 is 1.80. The second-order valence-electron chi connectivity index (χ2n) is 5.11. The van der Waals surface area contributed by atoms with Gasteiger partial charge in [0.2, 0.25) is 0 Å². The molecule has 0 radical (unpaired) electrons. The molecule has 0 amide bonds. The molecule has 3 heterocycles. The van der Waals surface area contributed by atoms with Gasteiger partial charge in [-0.1, -0.05) is 0 Å². The number of hydrogen-bond acceptors (Lipinski definition) is 5. The van der Waals surface area contributed by atoms with Crippen LogP contribution in [0.5, 0.6) is 0 Å². The van der Waals surface area contributed by atoms with Crippen molar-refractivity contribution in [1.82, 2.24) is 15.0 Å². The summed E-state index contributed by atoms with van der Waals surface area (Å²) in [4.78, 5) is 14.4. The number of hydrogen-bond donors (Lipinski definition) is 2. The van der Waals surface area contributed by atoms with Crippen LogP contribution in [0.4, 0.5) is 5.82 Å². The highest BCUT2D eigenvalue weighted by molar-refractivity contribution is 7.19. The van der Waals surface area contributed by atoms with E-state index in [1.165, 1.54) is 29.7 Å². The van der Waals surface area contributed by atoms with Gasteiger partial charge in [-0.15, -0.1) is 11.3 Å². The molecule has 6 heteroatoms. The molecule has 0 aliphatic heterocycles. The zero-order valence-corrected chi connectivity index (χ0v) is 12.3. The highest BCUT2D eigenvalue weighted by Gasteiger charge is 2.19. The fraction of sp³-hybridized carbons (Fsp3) is 0.267. The lowest BCUT2D eigenvalue weighted by atomic mass is 9.97. The number of nitrogens with one attached hydrogen (secondary N) is 2. The van der Waals surface area contributed by atoms with Gasteiger partial charge in [-0.25, -0.2) is 9.97 Å². The van der Waals surface area contributed by atoms with Crippen molar-refractivity contribution < 1.29 is 0 Å². The maximum absolute atomic E-state index is 4.41. The number of nitrogens with zero attached hydrogens (tertiary/aromatic N) is 3. The van der Waals surface area contributed by atoms with Gasteiger partial charge >= 0.3 is 0 Å². The minimum Gasteiger partial charge on any atom is -0.360 e. The standard InChI is InChI=1S/C15H15N5S/c1-2-6-12-11(5-1)13-14(17-9-18-15(13)21-12)20-19-8-10-4-3-7-16-10/h3-4,7-9,16H,1-2,5-6H2,(H,17,18,20)/b19-8-. The summed E-state index contributed by atoms with van der Waals surface area (Å²) in [5.74, 6) is 0.808. The van der Waals surface area contributed by atoms with Gasteiger partial charge in [0.05, 0.1) is 17.3 Å². The van der Waals surface area contributed by atoms with Crippen molar-refractivity contribution in [3.8, 4) is 0 Å². The quantitative estimate of drug-likeness (QED) is 0.575. The summed E-state index contributed by atoms with van der Waals surface area (Å²) < 4.78 is 0. The molecule has 0 saturated carbocycles. The molecule has 3 aromatic heterocycles. The molecule has 0 spiro atoms. The summed E-state index contributed by atoms with van der Waals surface area (Å²) in [6.45, 7) is 0. The van der Waals surface area contributed by atoms with Gasteiger partial charge in [0.1, 0.15) is 11.2 Å². The van der Waals surface area contributed by atoms with E-state index < -0.39 is 0 Å². The Balaban J connectivity index is 1.69. The van der Waals surface area contributed by atoms with Gasteiger partial charge in [-0.05, 0) is 43.4 Å². The summed E-state index contributed by atoms with van der Waals surface area (Å²) in [6, 6.07) is 3.91. The molecule has 21 heavy (non-hydrogen) atoms. The fourth-order valence-electron chi connectivity index (χ4n) is 2.76. The first kappa shape index (κ1) is 12.5. The van der Waals surface area contributed by atoms with Crippen molar-refractivity contribution in [3.63, 3.8) is 0 Å². The number of aryl methyl sites for hydroxylation is 2. The lowest BCUT2D eigenvalue weighted by Crippen LogP contribution is -2.00. The number of rotatable bonds is 3. The molecule has 0 saturated heterocycles. The average molecular weight is 297 g/mol. The first-order valence-corrected chi connectivity index (χ1v) is 7.91. The smallest absolute Gasteiger partial charge is 0.158 e. The molecular formula is C15H15N5S. The normalized spacial score (nSPS) is 14.7. The molecule has 0 fully saturated rings. The molecular weight excluding hydrogens is 282 g/mol. The van der Waals surface area contributed by atoms with E-state index in [1.54, 1.807) is 23.9 Å². The van der Waals surface area contributed by atoms with E-state index in [4.69, 9.17) is 0 Å². The lowest BCUT2D eigenvalue weighted by molar-refractivity contribution is 0.700. The van der Waals surface area contributed by atoms with Crippen LogP contribution in [0.25, 0.3) is 10.2 Å². The lowest BCUT2D eigenvalue weighted by Gasteiger charge is -2.11. The number of aromatic amines is 1. The van der Waals surface area contributed by atoms with Crippen LogP contribution in [0, 0.1) is 0 Å². The monoisotopic (exact) mass is 297 g/mol. The van der Waals surface area contributed by atoms with Crippen molar-refractivity contribution in [1.29, 1.82) is 0 Å². The minimum atomic E-state index is 0.808. The van der Waals surface area contributed by atoms with Gasteiger partial charge in [-0.3, -0.25) is 5.43 Å². The number of fused-ring (bicyclic) bond motifs is 3. The van der Waals surface area contributed by atoms with Crippen molar-refractivity contribution in [2.75, 3.05) is 5.43 Å². The maximum Gasteiger partial charge on any atom is 0.158 e. The first-order chi connectivity index (χ1) is 10.4. The molecule has 4 rings (SSSR count). The molecule has 0 aromatic carbocycles. The number of aromatic nitrogens is 3. The molecule has 1 aliphatic rings. The average Bonchev–Trinajstić information content (AvgIpc) is 3.14. The Labute approximate surface area is 126 Å². The molecule has 0 unspecified atom stereocenters. The Morgan fingerprint density at radius 2 is 2.24 bits per heavy atom. The third kappa shape index (κ3) is 2.31. The topological polar surface area (TPSA) is 66.0 Å². The Morgan fingerprint density at radius 1 is 1.29 bits per heavy atom. The summed E-state index contributed by atoms with van der Waals surface area (Å²) in [5.41, 5.74) is 5.44.